The van der Waals surface area contributed by atoms with Crippen LogP contribution in [0, 0.1) is 12.3 Å². The van der Waals surface area contributed by atoms with Gasteiger partial charge in [-0.2, -0.15) is 0 Å². The summed E-state index contributed by atoms with van der Waals surface area (Å²) in [7, 11) is 0. The third-order valence-electron chi connectivity index (χ3n) is 3.04. The van der Waals surface area contributed by atoms with Gasteiger partial charge in [0.2, 0.25) is 0 Å². The Morgan fingerprint density at radius 2 is 2.25 bits per heavy atom. The maximum absolute atomic E-state index is 10.4. The Labute approximate surface area is 119 Å². The molecule has 0 aliphatic carbocycles. The molecule has 100 valence electrons. The molecule has 2 nitrogen and oxygen atoms in total. The Morgan fingerprint density at radius 3 is 3.00 bits per heavy atom. The maximum atomic E-state index is 10.4. The van der Waals surface area contributed by atoms with Gasteiger partial charge in [0.25, 0.3) is 0 Å². The summed E-state index contributed by atoms with van der Waals surface area (Å²) >= 11 is 0. The summed E-state index contributed by atoms with van der Waals surface area (Å²) in [6.45, 7) is 2.04. The Hall–Kier alpha value is -2.37. The number of aliphatic hydroxyl groups is 1. The van der Waals surface area contributed by atoms with Crippen LogP contribution >= 0.6 is 0 Å². The highest BCUT2D eigenvalue weighted by Gasteiger charge is 2.12. The van der Waals surface area contributed by atoms with Gasteiger partial charge in [-0.15, -0.1) is 6.42 Å². The number of fused-ring (bicyclic) bond motifs is 1. The van der Waals surface area contributed by atoms with E-state index in [1.54, 1.807) is 12.3 Å². The number of aliphatic hydroxyl groups excluding tert-OH is 1. The second kappa shape index (κ2) is 6.70. The minimum atomic E-state index is -0.758. The Balaban J connectivity index is 2.38. The molecule has 1 N–H and O–H groups in total. The number of para-hydroxylation sites is 1. The zero-order chi connectivity index (χ0) is 14.4. The van der Waals surface area contributed by atoms with Crippen molar-refractivity contribution in [3.8, 4) is 12.3 Å². The van der Waals surface area contributed by atoms with E-state index in [1.165, 1.54) is 0 Å². The average Bonchev–Trinajstić information content (AvgIpc) is 2.50. The van der Waals surface area contributed by atoms with Crippen molar-refractivity contribution >= 4 is 10.9 Å². The van der Waals surface area contributed by atoms with E-state index in [1.807, 2.05) is 49.4 Å². The lowest BCUT2D eigenvalue weighted by Crippen LogP contribution is -2.01. The smallest absolute Gasteiger partial charge is 0.106 e. The topological polar surface area (TPSA) is 33.1 Å². The number of terminal acetylenes is 1. The molecule has 2 aromatic rings. The van der Waals surface area contributed by atoms with Crippen molar-refractivity contribution in [1.29, 1.82) is 0 Å². The molecular formula is C18H17NO. The van der Waals surface area contributed by atoms with E-state index >= 15 is 0 Å². The molecule has 0 bridgehead atoms. The molecule has 1 aromatic heterocycles. The zero-order valence-corrected chi connectivity index (χ0v) is 11.5. The summed E-state index contributed by atoms with van der Waals surface area (Å²) in [5.41, 5.74) is 2.35. The molecule has 1 aromatic carbocycles. The molecule has 20 heavy (non-hydrogen) atoms. The lowest BCUT2D eigenvalue weighted by molar-refractivity contribution is 0.219. The first-order valence-electron chi connectivity index (χ1n) is 6.61. The summed E-state index contributed by atoms with van der Waals surface area (Å²) in [6.07, 6.45) is 12.6. The minimum Gasteiger partial charge on any atom is -0.384 e. The van der Waals surface area contributed by atoms with Gasteiger partial charge in [0.15, 0.2) is 0 Å². The van der Waals surface area contributed by atoms with Crippen LogP contribution in [0.25, 0.3) is 10.9 Å². The van der Waals surface area contributed by atoms with Crippen LogP contribution in [0.5, 0.6) is 0 Å². The summed E-state index contributed by atoms with van der Waals surface area (Å²) < 4.78 is 0. The fraction of sp³-hybridized carbons (Fsp3) is 0.167. The Bertz CT molecular complexity index is 692. The monoisotopic (exact) mass is 263 g/mol. The van der Waals surface area contributed by atoms with E-state index in [2.05, 4.69) is 10.9 Å². The quantitative estimate of drug-likeness (QED) is 0.672. The number of hydrogen-bond acceptors (Lipinski definition) is 2. The van der Waals surface area contributed by atoms with Gasteiger partial charge in [0.1, 0.15) is 6.10 Å². The van der Waals surface area contributed by atoms with Crippen molar-refractivity contribution in [3.63, 3.8) is 0 Å². The predicted octanol–water partition coefficient (Wildman–Crippen LogP) is 3.79. The van der Waals surface area contributed by atoms with Crippen molar-refractivity contribution < 1.29 is 5.11 Å². The molecule has 2 heteroatoms. The molecule has 1 heterocycles. The highest BCUT2D eigenvalue weighted by Crippen LogP contribution is 2.24. The third-order valence-corrected chi connectivity index (χ3v) is 3.04. The molecule has 0 saturated carbocycles. The van der Waals surface area contributed by atoms with Crippen LogP contribution in [-0.2, 0) is 0 Å². The Kier molecular flexibility index (Phi) is 4.70. The normalized spacial score (nSPS) is 13.6. The highest BCUT2D eigenvalue weighted by molar-refractivity contribution is 5.78. The zero-order valence-electron chi connectivity index (χ0n) is 11.5. The molecular weight excluding hydrogens is 246 g/mol. The lowest BCUT2D eigenvalue weighted by Gasteiger charge is -2.12. The first kappa shape index (κ1) is 14.0. The van der Waals surface area contributed by atoms with E-state index in [9.17, 15) is 5.11 Å². The SMILES string of the molecule is C#C/C=C(\C=C/CC)C(O)c1cnc2ccccc2c1. The summed E-state index contributed by atoms with van der Waals surface area (Å²) in [6, 6.07) is 9.76. The Morgan fingerprint density at radius 1 is 1.45 bits per heavy atom. The van der Waals surface area contributed by atoms with Gasteiger partial charge < -0.3 is 5.11 Å². The van der Waals surface area contributed by atoms with Crippen LogP contribution in [-0.4, -0.2) is 10.1 Å². The third kappa shape index (κ3) is 3.14. The average molecular weight is 263 g/mol. The van der Waals surface area contributed by atoms with Gasteiger partial charge in [-0.25, -0.2) is 0 Å². The van der Waals surface area contributed by atoms with Gasteiger partial charge >= 0.3 is 0 Å². The minimum absolute atomic E-state index is 0.700. The number of benzene rings is 1. The number of pyridine rings is 1. The number of aromatic nitrogens is 1. The van der Waals surface area contributed by atoms with Crippen molar-refractivity contribution in [3.05, 3.63) is 65.9 Å². The van der Waals surface area contributed by atoms with E-state index in [0.29, 0.717) is 5.57 Å². The molecule has 0 radical (unpaired) electrons. The van der Waals surface area contributed by atoms with Crippen LogP contribution in [0.15, 0.2) is 60.3 Å². The highest BCUT2D eigenvalue weighted by atomic mass is 16.3. The van der Waals surface area contributed by atoms with Crippen molar-refractivity contribution in [2.75, 3.05) is 0 Å². The number of rotatable bonds is 4. The van der Waals surface area contributed by atoms with Gasteiger partial charge in [0.05, 0.1) is 5.52 Å². The van der Waals surface area contributed by atoms with Crippen LogP contribution in [0.3, 0.4) is 0 Å². The van der Waals surface area contributed by atoms with Crippen LogP contribution in [0.1, 0.15) is 25.0 Å². The molecule has 0 aliphatic heterocycles. The van der Waals surface area contributed by atoms with Crippen LogP contribution in [0.2, 0.25) is 0 Å². The molecule has 0 aliphatic rings. The van der Waals surface area contributed by atoms with Crippen molar-refractivity contribution in [1.82, 2.24) is 4.98 Å². The van der Waals surface area contributed by atoms with Gasteiger partial charge in [-0.05, 0) is 30.2 Å². The molecule has 1 atom stereocenters. The van der Waals surface area contributed by atoms with E-state index < -0.39 is 6.10 Å². The van der Waals surface area contributed by atoms with Gasteiger partial charge in [-0.1, -0.05) is 43.2 Å². The van der Waals surface area contributed by atoms with E-state index in [4.69, 9.17) is 6.42 Å². The predicted molar refractivity (Wildman–Crippen MR) is 83.0 cm³/mol. The van der Waals surface area contributed by atoms with Crippen molar-refractivity contribution in [2.45, 2.75) is 19.4 Å². The van der Waals surface area contributed by atoms with Gasteiger partial charge in [0, 0.05) is 17.1 Å². The fourth-order valence-electron chi connectivity index (χ4n) is 2.00. The fourth-order valence-corrected chi connectivity index (χ4v) is 2.00. The summed E-state index contributed by atoms with van der Waals surface area (Å²) in [4.78, 5) is 4.36. The van der Waals surface area contributed by atoms with E-state index in [-0.39, 0.29) is 0 Å². The molecule has 0 amide bonds. The summed E-state index contributed by atoms with van der Waals surface area (Å²) in [5.74, 6) is 2.47. The molecule has 1 unspecified atom stereocenters. The molecule has 0 saturated heterocycles. The number of hydrogen-bond donors (Lipinski definition) is 1. The second-order valence-electron chi connectivity index (χ2n) is 4.49. The molecule has 2 rings (SSSR count). The largest absolute Gasteiger partial charge is 0.384 e. The summed E-state index contributed by atoms with van der Waals surface area (Å²) in [5, 5.41) is 11.4. The number of allylic oxidation sites excluding steroid dienone is 2. The standard InChI is InChI=1S/C18H17NO/c1-3-5-9-14(8-4-2)18(20)16-12-15-10-6-7-11-17(15)19-13-16/h2,5-13,18,20H,3H2,1H3/b9-5-,14-8+. The van der Waals surface area contributed by atoms with Gasteiger partial charge in [-0.3, -0.25) is 4.98 Å². The number of nitrogens with zero attached hydrogens (tertiary/aromatic N) is 1. The first-order valence-corrected chi connectivity index (χ1v) is 6.61. The van der Waals surface area contributed by atoms with E-state index in [0.717, 1.165) is 22.9 Å². The van der Waals surface area contributed by atoms with Crippen LogP contribution < -0.4 is 0 Å². The molecule has 0 spiro atoms. The van der Waals surface area contributed by atoms with Crippen molar-refractivity contribution in [2.24, 2.45) is 0 Å². The molecule has 0 fully saturated rings. The maximum Gasteiger partial charge on any atom is 0.106 e. The first-order chi connectivity index (χ1) is 9.76. The van der Waals surface area contributed by atoms with Crippen LogP contribution in [0.4, 0.5) is 0 Å². The second-order valence-corrected chi connectivity index (χ2v) is 4.49. The lowest BCUT2D eigenvalue weighted by atomic mass is 10.0.